The SMILES string of the molecule is CCOC1(C(O)c2cccnc2)CCCCC1. The first-order chi connectivity index (χ1) is 8.28. The number of pyridine rings is 1. The van der Waals surface area contributed by atoms with Crippen LogP contribution in [0.4, 0.5) is 0 Å². The number of aliphatic hydroxyl groups is 1. The van der Waals surface area contributed by atoms with E-state index in [-0.39, 0.29) is 0 Å². The molecule has 1 aliphatic rings. The maximum atomic E-state index is 10.6. The van der Waals surface area contributed by atoms with Crippen molar-refractivity contribution < 1.29 is 9.84 Å². The van der Waals surface area contributed by atoms with E-state index in [1.54, 1.807) is 12.4 Å². The first kappa shape index (κ1) is 12.5. The topological polar surface area (TPSA) is 42.4 Å². The Kier molecular flexibility index (Phi) is 4.13. The third-order valence-corrected chi connectivity index (χ3v) is 3.63. The van der Waals surface area contributed by atoms with Crippen LogP contribution >= 0.6 is 0 Å². The van der Waals surface area contributed by atoms with Crippen LogP contribution in [0.3, 0.4) is 0 Å². The number of rotatable bonds is 4. The summed E-state index contributed by atoms with van der Waals surface area (Å²) in [6, 6.07) is 3.79. The zero-order valence-corrected chi connectivity index (χ0v) is 10.4. The van der Waals surface area contributed by atoms with Gasteiger partial charge in [-0.15, -0.1) is 0 Å². The average molecular weight is 235 g/mol. The summed E-state index contributed by atoms with van der Waals surface area (Å²) in [5, 5.41) is 10.6. The van der Waals surface area contributed by atoms with Gasteiger partial charge >= 0.3 is 0 Å². The smallest absolute Gasteiger partial charge is 0.109 e. The fourth-order valence-corrected chi connectivity index (χ4v) is 2.78. The lowest BCUT2D eigenvalue weighted by molar-refractivity contribution is -0.141. The molecule has 3 nitrogen and oxygen atoms in total. The molecule has 0 saturated heterocycles. The summed E-state index contributed by atoms with van der Waals surface area (Å²) in [5.74, 6) is 0. The molecule has 3 heteroatoms. The van der Waals surface area contributed by atoms with E-state index in [0.717, 1.165) is 31.2 Å². The zero-order valence-electron chi connectivity index (χ0n) is 10.4. The minimum Gasteiger partial charge on any atom is -0.385 e. The molecule has 94 valence electrons. The van der Waals surface area contributed by atoms with Crippen LogP contribution in [-0.2, 0) is 4.74 Å². The van der Waals surface area contributed by atoms with Crippen molar-refractivity contribution >= 4 is 0 Å². The van der Waals surface area contributed by atoms with Gasteiger partial charge in [0.2, 0.25) is 0 Å². The highest BCUT2D eigenvalue weighted by molar-refractivity contribution is 5.16. The fourth-order valence-electron chi connectivity index (χ4n) is 2.78. The summed E-state index contributed by atoms with van der Waals surface area (Å²) in [4.78, 5) is 4.08. The van der Waals surface area contributed by atoms with E-state index in [0.29, 0.717) is 6.61 Å². The van der Waals surface area contributed by atoms with Crippen LogP contribution in [0.1, 0.15) is 50.7 Å². The van der Waals surface area contributed by atoms with Crippen molar-refractivity contribution in [1.82, 2.24) is 4.98 Å². The molecule has 0 aliphatic heterocycles. The van der Waals surface area contributed by atoms with Crippen molar-refractivity contribution in [1.29, 1.82) is 0 Å². The highest BCUT2D eigenvalue weighted by Gasteiger charge is 2.40. The van der Waals surface area contributed by atoms with Crippen LogP contribution in [0.2, 0.25) is 0 Å². The Labute approximate surface area is 103 Å². The molecular formula is C14H21NO2. The summed E-state index contributed by atoms with van der Waals surface area (Å²) in [5.41, 5.74) is 0.471. The van der Waals surface area contributed by atoms with Crippen LogP contribution in [0.15, 0.2) is 24.5 Å². The van der Waals surface area contributed by atoms with Crippen LogP contribution in [0.5, 0.6) is 0 Å². The summed E-state index contributed by atoms with van der Waals surface area (Å²) in [6.45, 7) is 2.64. The molecule has 1 heterocycles. The molecule has 1 aromatic rings. The number of hydrogen-bond donors (Lipinski definition) is 1. The Morgan fingerprint density at radius 1 is 1.41 bits per heavy atom. The van der Waals surface area contributed by atoms with E-state index >= 15 is 0 Å². The molecule has 1 fully saturated rings. The fraction of sp³-hybridized carbons (Fsp3) is 0.643. The highest BCUT2D eigenvalue weighted by Crippen LogP contribution is 2.41. The van der Waals surface area contributed by atoms with Crippen molar-refractivity contribution in [3.63, 3.8) is 0 Å². The van der Waals surface area contributed by atoms with Crippen molar-refractivity contribution in [3.05, 3.63) is 30.1 Å². The normalized spacial score (nSPS) is 21.1. The second-order valence-electron chi connectivity index (χ2n) is 4.75. The van der Waals surface area contributed by atoms with Crippen molar-refractivity contribution in [2.24, 2.45) is 0 Å². The summed E-state index contributed by atoms with van der Waals surface area (Å²) in [6.07, 6.45) is 8.30. The first-order valence-electron chi connectivity index (χ1n) is 6.50. The van der Waals surface area contributed by atoms with E-state index < -0.39 is 11.7 Å². The lowest BCUT2D eigenvalue weighted by Crippen LogP contribution is -2.41. The molecule has 1 N–H and O–H groups in total. The maximum Gasteiger partial charge on any atom is 0.109 e. The van der Waals surface area contributed by atoms with Gasteiger partial charge in [0.05, 0.1) is 5.60 Å². The number of aliphatic hydroxyl groups excluding tert-OH is 1. The molecule has 1 atom stereocenters. The van der Waals surface area contributed by atoms with Gasteiger partial charge in [-0.05, 0) is 25.8 Å². The van der Waals surface area contributed by atoms with Gasteiger partial charge in [-0.1, -0.05) is 25.3 Å². The molecular weight excluding hydrogens is 214 g/mol. The van der Waals surface area contributed by atoms with Crippen molar-refractivity contribution in [2.75, 3.05) is 6.61 Å². The minimum absolute atomic E-state index is 0.393. The molecule has 1 unspecified atom stereocenters. The third kappa shape index (κ3) is 2.67. The lowest BCUT2D eigenvalue weighted by Gasteiger charge is -2.40. The lowest BCUT2D eigenvalue weighted by atomic mass is 9.78. The number of nitrogens with zero attached hydrogens (tertiary/aromatic N) is 1. The van der Waals surface area contributed by atoms with Gasteiger partial charge in [0, 0.05) is 24.6 Å². The standard InChI is InChI=1S/C14H21NO2/c1-2-17-14(8-4-3-5-9-14)13(16)12-7-6-10-15-11-12/h6-7,10-11,13,16H,2-5,8-9H2,1H3. The van der Waals surface area contributed by atoms with E-state index in [1.165, 1.54) is 6.42 Å². The molecule has 1 aromatic heterocycles. The van der Waals surface area contributed by atoms with Gasteiger partial charge < -0.3 is 9.84 Å². The molecule has 0 aromatic carbocycles. The Balaban J connectivity index is 2.20. The molecule has 0 amide bonds. The van der Waals surface area contributed by atoms with Gasteiger partial charge in [-0.2, -0.15) is 0 Å². The second kappa shape index (κ2) is 5.61. The zero-order chi connectivity index (χ0) is 12.1. The molecule has 1 aliphatic carbocycles. The molecule has 17 heavy (non-hydrogen) atoms. The number of ether oxygens (including phenoxy) is 1. The van der Waals surface area contributed by atoms with Crippen molar-refractivity contribution in [3.8, 4) is 0 Å². The van der Waals surface area contributed by atoms with E-state index in [4.69, 9.17) is 4.74 Å². The average Bonchev–Trinajstić information content (AvgIpc) is 2.40. The Hall–Kier alpha value is -0.930. The van der Waals surface area contributed by atoms with Crippen LogP contribution in [-0.4, -0.2) is 22.3 Å². The summed E-state index contributed by atoms with van der Waals surface area (Å²) in [7, 11) is 0. The minimum atomic E-state index is -0.559. The quantitative estimate of drug-likeness (QED) is 0.872. The molecule has 0 radical (unpaired) electrons. The monoisotopic (exact) mass is 235 g/mol. The van der Waals surface area contributed by atoms with Crippen molar-refractivity contribution in [2.45, 2.75) is 50.7 Å². The summed E-state index contributed by atoms with van der Waals surface area (Å²) >= 11 is 0. The van der Waals surface area contributed by atoms with Gasteiger partial charge in [0.1, 0.15) is 6.10 Å². The Bertz CT molecular complexity index is 328. The predicted molar refractivity (Wildman–Crippen MR) is 66.6 cm³/mol. The highest BCUT2D eigenvalue weighted by atomic mass is 16.5. The van der Waals surface area contributed by atoms with E-state index in [1.807, 2.05) is 19.1 Å². The van der Waals surface area contributed by atoms with Crippen LogP contribution in [0.25, 0.3) is 0 Å². The second-order valence-corrected chi connectivity index (χ2v) is 4.75. The molecule has 1 saturated carbocycles. The van der Waals surface area contributed by atoms with E-state index in [9.17, 15) is 5.11 Å². The first-order valence-corrected chi connectivity index (χ1v) is 6.50. The van der Waals surface area contributed by atoms with Crippen LogP contribution in [0, 0.1) is 0 Å². The Morgan fingerprint density at radius 2 is 2.18 bits per heavy atom. The van der Waals surface area contributed by atoms with Gasteiger partial charge in [0.25, 0.3) is 0 Å². The molecule has 0 spiro atoms. The number of aromatic nitrogens is 1. The summed E-state index contributed by atoms with van der Waals surface area (Å²) < 4.78 is 5.91. The third-order valence-electron chi connectivity index (χ3n) is 3.63. The number of hydrogen-bond acceptors (Lipinski definition) is 3. The predicted octanol–water partition coefficient (Wildman–Crippen LogP) is 2.85. The van der Waals surface area contributed by atoms with Gasteiger partial charge in [-0.25, -0.2) is 0 Å². The Morgan fingerprint density at radius 3 is 2.76 bits per heavy atom. The van der Waals surface area contributed by atoms with Gasteiger partial charge in [0.15, 0.2) is 0 Å². The maximum absolute atomic E-state index is 10.6. The van der Waals surface area contributed by atoms with Crippen LogP contribution < -0.4 is 0 Å². The largest absolute Gasteiger partial charge is 0.385 e. The van der Waals surface area contributed by atoms with Gasteiger partial charge in [-0.3, -0.25) is 4.98 Å². The molecule has 2 rings (SSSR count). The van der Waals surface area contributed by atoms with E-state index in [2.05, 4.69) is 4.98 Å². The molecule has 0 bridgehead atoms.